The number of hydrogen-bond donors (Lipinski definition) is 3. The maximum atomic E-state index is 13.5. The van der Waals surface area contributed by atoms with Crippen LogP contribution in [-0.2, 0) is 20.9 Å². The van der Waals surface area contributed by atoms with Crippen LogP contribution < -0.4 is 15.5 Å². The first-order chi connectivity index (χ1) is 20.2. The Hall–Kier alpha value is -3.66. The van der Waals surface area contributed by atoms with Gasteiger partial charge in [0.25, 0.3) is 5.91 Å². The van der Waals surface area contributed by atoms with Crippen LogP contribution in [0.15, 0.2) is 41.8 Å². The maximum Gasteiger partial charge on any atom is 0.306 e. The molecule has 2 fully saturated rings. The summed E-state index contributed by atoms with van der Waals surface area (Å²) >= 11 is 1.55. The first-order valence-electron chi connectivity index (χ1n) is 15.0. The van der Waals surface area contributed by atoms with E-state index >= 15 is 0 Å². The number of aromatic nitrogens is 1. The number of carboxylic acids is 1. The highest BCUT2D eigenvalue weighted by Crippen LogP contribution is 2.29. The number of thiophene rings is 1. The fourth-order valence-corrected chi connectivity index (χ4v) is 7.24. The summed E-state index contributed by atoms with van der Waals surface area (Å²) in [7, 11) is 0. The van der Waals surface area contributed by atoms with E-state index in [0.29, 0.717) is 63.6 Å². The summed E-state index contributed by atoms with van der Waals surface area (Å²) in [5, 5.41) is 17.5. The smallest absolute Gasteiger partial charge is 0.306 e. The Labute approximate surface area is 250 Å². The Bertz CT molecular complexity index is 1450. The largest absolute Gasteiger partial charge is 0.481 e. The Balaban J connectivity index is 1.18. The minimum absolute atomic E-state index is 0.0379. The summed E-state index contributed by atoms with van der Waals surface area (Å²) in [4.78, 5) is 52.8. The molecule has 3 amide bonds. The second kappa shape index (κ2) is 13.1. The number of carbonyl (C=O) groups excluding carboxylic acids is 3. The van der Waals surface area contributed by atoms with Crippen LogP contribution in [0.5, 0.6) is 0 Å². The number of carbonyl (C=O) groups is 4. The number of aryl methyl sites for hydroxylation is 1. The van der Waals surface area contributed by atoms with Crippen LogP contribution in [0, 0.1) is 18.8 Å². The quantitative estimate of drug-likeness (QED) is 0.319. The molecule has 2 aliphatic carbocycles. The van der Waals surface area contributed by atoms with E-state index in [0.717, 1.165) is 21.5 Å². The summed E-state index contributed by atoms with van der Waals surface area (Å²) in [5.74, 6) is -1.38. The van der Waals surface area contributed by atoms with E-state index in [1.165, 1.54) is 0 Å². The number of likely N-dealkylation sites (N-methyl/N-ethyl adjacent to an activating group) is 1. The van der Waals surface area contributed by atoms with Crippen molar-refractivity contribution in [2.75, 3.05) is 11.4 Å². The van der Waals surface area contributed by atoms with Gasteiger partial charge in [-0.3, -0.25) is 19.2 Å². The molecule has 0 radical (unpaired) electrons. The number of carboxylic acid groups (broad SMARTS) is 1. The molecule has 3 aromatic rings. The van der Waals surface area contributed by atoms with E-state index in [2.05, 4.69) is 10.6 Å². The van der Waals surface area contributed by atoms with Gasteiger partial charge in [0.2, 0.25) is 11.8 Å². The van der Waals surface area contributed by atoms with Gasteiger partial charge in [0.05, 0.1) is 16.1 Å². The van der Waals surface area contributed by atoms with Gasteiger partial charge in [-0.2, -0.15) is 0 Å². The van der Waals surface area contributed by atoms with Gasteiger partial charge in [-0.25, -0.2) is 0 Å². The Morgan fingerprint density at radius 1 is 0.929 bits per heavy atom. The number of nitrogens with zero attached hydrogens (tertiary/aromatic N) is 2. The van der Waals surface area contributed by atoms with Gasteiger partial charge in [0.1, 0.15) is 12.2 Å². The molecule has 2 saturated carbocycles. The molecule has 0 saturated heterocycles. The molecule has 42 heavy (non-hydrogen) atoms. The van der Waals surface area contributed by atoms with Crippen molar-refractivity contribution < 1.29 is 24.3 Å². The average molecular weight is 593 g/mol. The standard InChI is InChI=1S/C32H40N4O5S/c1-3-35(25-6-4-5-20(2)17-25)29(37)19-36-26-15-16-42-28(26)18-27(36)31(39)34-24-11-7-21(8-12-24)30(38)33-23-13-9-22(10-14-23)32(40)41/h4-6,15-18,21-24H,3,7-14,19H2,1-2H3,(H,33,38)(H,34,39)(H,40,41)/t21-,22-,23-,24-. The summed E-state index contributed by atoms with van der Waals surface area (Å²) in [6.07, 6.45) is 5.42. The van der Waals surface area contributed by atoms with Gasteiger partial charge in [0, 0.05) is 30.2 Å². The highest BCUT2D eigenvalue weighted by atomic mass is 32.1. The molecule has 224 valence electrons. The van der Waals surface area contributed by atoms with Crippen LogP contribution in [0.2, 0.25) is 0 Å². The van der Waals surface area contributed by atoms with Crippen molar-refractivity contribution in [1.82, 2.24) is 15.2 Å². The van der Waals surface area contributed by atoms with E-state index in [4.69, 9.17) is 0 Å². The molecule has 0 spiro atoms. The number of aliphatic carboxylic acids is 1. The van der Waals surface area contributed by atoms with Crippen molar-refractivity contribution in [1.29, 1.82) is 0 Å². The number of hydrogen-bond acceptors (Lipinski definition) is 5. The van der Waals surface area contributed by atoms with Gasteiger partial charge in [-0.05, 0) is 100 Å². The third-order valence-electron chi connectivity index (χ3n) is 8.84. The van der Waals surface area contributed by atoms with Gasteiger partial charge in [-0.1, -0.05) is 12.1 Å². The van der Waals surface area contributed by atoms with E-state index in [1.54, 1.807) is 16.2 Å². The molecule has 2 aliphatic rings. The molecule has 5 rings (SSSR count). The van der Waals surface area contributed by atoms with E-state index in [9.17, 15) is 24.3 Å². The zero-order valence-corrected chi connectivity index (χ0v) is 25.1. The monoisotopic (exact) mass is 592 g/mol. The minimum atomic E-state index is -0.746. The number of fused-ring (bicyclic) bond motifs is 1. The second-order valence-electron chi connectivity index (χ2n) is 11.7. The van der Waals surface area contributed by atoms with Crippen LogP contribution in [0.1, 0.15) is 74.3 Å². The number of amides is 3. The van der Waals surface area contributed by atoms with Gasteiger partial charge < -0.3 is 25.2 Å². The molecular weight excluding hydrogens is 552 g/mol. The highest BCUT2D eigenvalue weighted by molar-refractivity contribution is 7.17. The molecule has 0 unspecified atom stereocenters. The van der Waals surface area contributed by atoms with E-state index in [-0.39, 0.29) is 48.2 Å². The molecule has 0 bridgehead atoms. The first kappa shape index (κ1) is 29.8. The first-order valence-corrected chi connectivity index (χ1v) is 15.9. The predicted molar refractivity (Wildman–Crippen MR) is 164 cm³/mol. The van der Waals surface area contributed by atoms with Crippen molar-refractivity contribution in [3.05, 3.63) is 53.0 Å². The van der Waals surface area contributed by atoms with Crippen LogP contribution in [0.4, 0.5) is 5.69 Å². The van der Waals surface area contributed by atoms with Crippen molar-refractivity contribution in [3.63, 3.8) is 0 Å². The van der Waals surface area contributed by atoms with Crippen molar-refractivity contribution in [2.24, 2.45) is 11.8 Å². The lowest BCUT2D eigenvalue weighted by atomic mass is 9.83. The number of rotatable bonds is 9. The maximum absolute atomic E-state index is 13.5. The number of anilines is 1. The number of benzene rings is 1. The summed E-state index contributed by atoms with van der Waals surface area (Å²) in [6, 6.07) is 11.7. The average Bonchev–Trinajstić information content (AvgIpc) is 3.57. The molecule has 9 nitrogen and oxygen atoms in total. The zero-order chi connectivity index (χ0) is 29.8. The van der Waals surface area contributed by atoms with Gasteiger partial charge in [-0.15, -0.1) is 11.3 Å². The number of nitrogens with one attached hydrogen (secondary N) is 2. The molecule has 0 atom stereocenters. The van der Waals surface area contributed by atoms with Gasteiger partial charge >= 0.3 is 5.97 Å². The van der Waals surface area contributed by atoms with Crippen molar-refractivity contribution >= 4 is 50.9 Å². The lowest BCUT2D eigenvalue weighted by molar-refractivity contribution is -0.142. The third-order valence-corrected chi connectivity index (χ3v) is 9.69. The summed E-state index contributed by atoms with van der Waals surface area (Å²) in [6.45, 7) is 4.54. The van der Waals surface area contributed by atoms with Crippen LogP contribution >= 0.6 is 11.3 Å². The molecule has 2 heterocycles. The second-order valence-corrected chi connectivity index (χ2v) is 12.6. The van der Waals surface area contributed by atoms with Crippen LogP contribution in [0.3, 0.4) is 0 Å². The lowest BCUT2D eigenvalue weighted by Crippen LogP contribution is -2.45. The molecule has 1 aromatic carbocycles. The topological polar surface area (TPSA) is 121 Å². The van der Waals surface area contributed by atoms with E-state index in [1.807, 2.05) is 60.2 Å². The lowest BCUT2D eigenvalue weighted by Gasteiger charge is -2.31. The van der Waals surface area contributed by atoms with Gasteiger partial charge in [0.15, 0.2) is 0 Å². The summed E-state index contributed by atoms with van der Waals surface area (Å²) in [5.41, 5.74) is 3.27. The SMILES string of the molecule is CCN(C(=O)Cn1c(C(=O)N[C@H]2CC[C@H](C(=O)N[C@H]3CC[C@H](C(=O)O)CC3)CC2)cc2sccc21)c1cccc(C)c1. The van der Waals surface area contributed by atoms with Crippen molar-refractivity contribution in [3.8, 4) is 0 Å². The molecule has 2 aromatic heterocycles. The minimum Gasteiger partial charge on any atom is -0.481 e. The van der Waals surface area contributed by atoms with Crippen molar-refractivity contribution in [2.45, 2.75) is 83.8 Å². The fraction of sp³-hybridized carbons (Fsp3) is 0.500. The Morgan fingerprint density at radius 3 is 2.24 bits per heavy atom. The molecule has 10 heteroatoms. The summed E-state index contributed by atoms with van der Waals surface area (Å²) < 4.78 is 2.78. The van der Waals surface area contributed by atoms with Crippen LogP contribution in [-0.4, -0.2) is 52.0 Å². The zero-order valence-electron chi connectivity index (χ0n) is 24.3. The van der Waals surface area contributed by atoms with Crippen LogP contribution in [0.25, 0.3) is 10.2 Å². The highest BCUT2D eigenvalue weighted by Gasteiger charge is 2.32. The normalized spacial score (nSPS) is 22.4. The Kier molecular flexibility index (Phi) is 9.30. The fourth-order valence-electron chi connectivity index (χ4n) is 6.42. The molecule has 3 N–H and O–H groups in total. The third kappa shape index (κ3) is 6.69. The Morgan fingerprint density at radius 2 is 1.60 bits per heavy atom. The predicted octanol–water partition coefficient (Wildman–Crippen LogP) is 5.11. The molecule has 0 aliphatic heterocycles. The van der Waals surface area contributed by atoms with E-state index < -0.39 is 5.97 Å². The molecular formula is C32H40N4O5S.